The van der Waals surface area contributed by atoms with Crippen LogP contribution in [0.1, 0.15) is 17.0 Å². The number of benzene rings is 4. The van der Waals surface area contributed by atoms with Crippen molar-refractivity contribution in [2.45, 2.75) is 6.42 Å². The molecule has 0 saturated heterocycles. The Labute approximate surface area is 216 Å². The van der Waals surface area contributed by atoms with Crippen molar-refractivity contribution in [2.24, 2.45) is 5.10 Å². The van der Waals surface area contributed by atoms with Crippen molar-refractivity contribution in [1.82, 2.24) is 14.9 Å². The molecule has 10 heteroatoms. The SMILES string of the molecule is COc1ccc(Oc2ccc(C=Nn3c(Cc4cccc5ccccc45)n[nH]c3=S)cc2[N+](=O)[O-])cc1. The van der Waals surface area contributed by atoms with Crippen molar-refractivity contribution in [3.05, 3.63) is 117 Å². The predicted molar refractivity (Wildman–Crippen MR) is 143 cm³/mol. The number of nitro groups is 1. The zero-order valence-electron chi connectivity index (χ0n) is 19.7. The molecule has 0 aliphatic rings. The lowest BCUT2D eigenvalue weighted by Gasteiger charge is -2.08. The highest BCUT2D eigenvalue weighted by Crippen LogP contribution is 2.32. The van der Waals surface area contributed by atoms with E-state index < -0.39 is 4.92 Å². The average Bonchev–Trinajstić information content (AvgIpc) is 3.27. The summed E-state index contributed by atoms with van der Waals surface area (Å²) in [5.74, 6) is 1.84. The summed E-state index contributed by atoms with van der Waals surface area (Å²) < 4.78 is 12.7. The van der Waals surface area contributed by atoms with Gasteiger partial charge in [-0.3, -0.25) is 15.2 Å². The maximum Gasteiger partial charge on any atom is 0.312 e. The van der Waals surface area contributed by atoms with Gasteiger partial charge in [0.05, 0.1) is 18.2 Å². The van der Waals surface area contributed by atoms with E-state index in [1.807, 2.05) is 24.3 Å². The molecule has 5 aromatic rings. The van der Waals surface area contributed by atoms with Gasteiger partial charge in [-0.25, -0.2) is 0 Å². The topological polar surface area (TPSA) is 108 Å². The Morgan fingerprint density at radius 3 is 2.59 bits per heavy atom. The van der Waals surface area contributed by atoms with Crippen molar-refractivity contribution >= 4 is 34.9 Å². The minimum Gasteiger partial charge on any atom is -0.497 e. The third kappa shape index (κ3) is 5.24. The Hall–Kier alpha value is -4.83. The molecule has 0 aliphatic heterocycles. The summed E-state index contributed by atoms with van der Waals surface area (Å²) in [6, 6.07) is 25.6. The van der Waals surface area contributed by atoms with E-state index in [2.05, 4.69) is 33.5 Å². The van der Waals surface area contributed by atoms with Crippen LogP contribution in [0.15, 0.2) is 90.0 Å². The number of aromatic amines is 1. The molecule has 1 aromatic heterocycles. The number of fused-ring (bicyclic) bond motifs is 1. The summed E-state index contributed by atoms with van der Waals surface area (Å²) in [5, 5.41) is 25.6. The number of nitro benzene ring substituents is 1. The van der Waals surface area contributed by atoms with Crippen molar-refractivity contribution in [2.75, 3.05) is 7.11 Å². The van der Waals surface area contributed by atoms with Crippen LogP contribution in [-0.4, -0.2) is 33.1 Å². The van der Waals surface area contributed by atoms with Crippen LogP contribution in [-0.2, 0) is 6.42 Å². The molecule has 0 atom stereocenters. The van der Waals surface area contributed by atoms with E-state index in [1.165, 1.54) is 23.0 Å². The Morgan fingerprint density at radius 1 is 1.05 bits per heavy atom. The first-order chi connectivity index (χ1) is 18.0. The molecule has 0 bridgehead atoms. The molecule has 0 amide bonds. The van der Waals surface area contributed by atoms with Crippen molar-refractivity contribution in [3.63, 3.8) is 0 Å². The van der Waals surface area contributed by atoms with Crippen LogP contribution >= 0.6 is 12.2 Å². The van der Waals surface area contributed by atoms with Gasteiger partial charge in [0, 0.05) is 18.1 Å². The minimum absolute atomic E-state index is 0.115. The largest absolute Gasteiger partial charge is 0.497 e. The standard InChI is InChI=1S/C27H21N5O4S/c1-35-21-10-12-22(13-11-21)36-25-14-9-18(15-24(25)32(33)34)17-28-31-26(29-30-27(31)37)16-20-7-4-6-19-5-2-3-8-23(19)20/h2-15,17H,16H2,1H3,(H,30,37). The normalized spacial score (nSPS) is 11.2. The Balaban J connectivity index is 1.41. The highest BCUT2D eigenvalue weighted by Gasteiger charge is 2.17. The van der Waals surface area contributed by atoms with E-state index in [1.54, 1.807) is 37.4 Å². The third-order valence-corrected chi connectivity index (χ3v) is 6.00. The van der Waals surface area contributed by atoms with Crippen molar-refractivity contribution < 1.29 is 14.4 Å². The zero-order valence-corrected chi connectivity index (χ0v) is 20.5. The number of ether oxygens (including phenoxy) is 2. The molecule has 0 fully saturated rings. The first-order valence-corrected chi connectivity index (χ1v) is 11.7. The van der Waals surface area contributed by atoms with Crippen LogP contribution in [0.4, 0.5) is 5.69 Å². The number of aromatic nitrogens is 3. The minimum atomic E-state index is -0.494. The first kappa shape index (κ1) is 23.9. The number of H-pyrrole nitrogens is 1. The Morgan fingerprint density at radius 2 is 1.81 bits per heavy atom. The lowest BCUT2D eigenvalue weighted by atomic mass is 10.0. The second-order valence-corrected chi connectivity index (χ2v) is 8.46. The van der Waals surface area contributed by atoms with Gasteiger partial charge < -0.3 is 9.47 Å². The fraction of sp³-hybridized carbons (Fsp3) is 0.0741. The molecule has 5 rings (SSSR count). The summed E-state index contributed by atoms with van der Waals surface area (Å²) in [5.41, 5.74) is 1.40. The third-order valence-electron chi connectivity index (χ3n) is 5.74. The quantitative estimate of drug-likeness (QED) is 0.114. The zero-order chi connectivity index (χ0) is 25.8. The van der Waals surface area contributed by atoms with Gasteiger partial charge in [-0.15, -0.1) is 0 Å². The van der Waals surface area contributed by atoms with E-state index in [-0.39, 0.29) is 11.4 Å². The van der Waals surface area contributed by atoms with E-state index in [0.29, 0.717) is 34.1 Å². The number of nitrogens with one attached hydrogen (secondary N) is 1. The summed E-state index contributed by atoms with van der Waals surface area (Å²) in [7, 11) is 1.56. The van der Waals surface area contributed by atoms with Gasteiger partial charge in [0.1, 0.15) is 11.5 Å². The number of rotatable bonds is 8. The van der Waals surface area contributed by atoms with Gasteiger partial charge in [-0.2, -0.15) is 14.9 Å². The van der Waals surface area contributed by atoms with Crippen LogP contribution in [0.5, 0.6) is 17.2 Å². The molecule has 0 unspecified atom stereocenters. The highest BCUT2D eigenvalue weighted by molar-refractivity contribution is 7.71. The van der Waals surface area contributed by atoms with E-state index >= 15 is 0 Å². The first-order valence-electron chi connectivity index (χ1n) is 11.3. The molecule has 4 aromatic carbocycles. The van der Waals surface area contributed by atoms with Crippen LogP contribution in [0, 0.1) is 14.9 Å². The molecule has 0 spiro atoms. The van der Waals surface area contributed by atoms with E-state index in [0.717, 1.165) is 16.3 Å². The van der Waals surface area contributed by atoms with Crippen molar-refractivity contribution in [3.8, 4) is 17.2 Å². The van der Waals surface area contributed by atoms with Gasteiger partial charge in [0.15, 0.2) is 5.82 Å². The van der Waals surface area contributed by atoms with Crippen molar-refractivity contribution in [1.29, 1.82) is 0 Å². The van der Waals surface area contributed by atoms with Gasteiger partial charge in [0.25, 0.3) is 0 Å². The molecule has 1 heterocycles. The maximum atomic E-state index is 11.7. The second-order valence-electron chi connectivity index (χ2n) is 8.08. The summed E-state index contributed by atoms with van der Waals surface area (Å²) in [6.07, 6.45) is 2.00. The smallest absolute Gasteiger partial charge is 0.312 e. The van der Waals surface area contributed by atoms with Gasteiger partial charge in [-0.05, 0) is 65.0 Å². The monoisotopic (exact) mass is 511 g/mol. The second kappa shape index (κ2) is 10.4. The lowest BCUT2D eigenvalue weighted by Crippen LogP contribution is -2.01. The van der Waals surface area contributed by atoms with Crippen LogP contribution < -0.4 is 9.47 Å². The Kier molecular flexibility index (Phi) is 6.73. The molecular weight excluding hydrogens is 490 g/mol. The summed E-state index contributed by atoms with van der Waals surface area (Å²) >= 11 is 5.37. The maximum absolute atomic E-state index is 11.7. The molecule has 37 heavy (non-hydrogen) atoms. The molecule has 9 nitrogen and oxygen atoms in total. The van der Waals surface area contributed by atoms with Crippen LogP contribution in [0.25, 0.3) is 10.8 Å². The fourth-order valence-corrected chi connectivity index (χ4v) is 4.11. The molecule has 184 valence electrons. The summed E-state index contributed by atoms with van der Waals surface area (Å²) in [4.78, 5) is 11.2. The van der Waals surface area contributed by atoms with Gasteiger partial charge >= 0.3 is 5.69 Å². The highest BCUT2D eigenvalue weighted by atomic mass is 32.1. The Bertz CT molecular complexity index is 1670. The predicted octanol–water partition coefficient (Wildman–Crippen LogP) is 6.28. The van der Waals surface area contributed by atoms with E-state index in [4.69, 9.17) is 21.7 Å². The van der Waals surface area contributed by atoms with Crippen LogP contribution in [0.2, 0.25) is 0 Å². The number of hydrogen-bond acceptors (Lipinski definition) is 7. The molecule has 0 radical (unpaired) electrons. The lowest BCUT2D eigenvalue weighted by molar-refractivity contribution is -0.385. The van der Waals surface area contributed by atoms with Gasteiger partial charge in [-0.1, -0.05) is 42.5 Å². The number of hydrogen-bond donors (Lipinski definition) is 1. The van der Waals surface area contributed by atoms with Gasteiger partial charge in [0.2, 0.25) is 10.5 Å². The average molecular weight is 512 g/mol. The molecule has 1 N–H and O–H groups in total. The molecule has 0 saturated carbocycles. The van der Waals surface area contributed by atoms with E-state index in [9.17, 15) is 10.1 Å². The molecule has 0 aliphatic carbocycles. The number of nitrogens with zero attached hydrogens (tertiary/aromatic N) is 4. The van der Waals surface area contributed by atoms with Crippen LogP contribution in [0.3, 0.4) is 0 Å². The number of methoxy groups -OCH3 is 1. The molecular formula is C27H21N5O4S. The summed E-state index contributed by atoms with van der Waals surface area (Å²) in [6.45, 7) is 0. The fourth-order valence-electron chi connectivity index (χ4n) is 3.91.